The fourth-order valence-corrected chi connectivity index (χ4v) is 2.17. The molecule has 1 aliphatic heterocycles. The smallest absolute Gasteiger partial charge is 0.326 e. The number of aliphatic carboxylic acids is 1. The molecule has 104 valence electrons. The highest BCUT2D eigenvalue weighted by Crippen LogP contribution is 2.15. The summed E-state index contributed by atoms with van der Waals surface area (Å²) in [5, 5.41) is 11.8. The van der Waals surface area contributed by atoms with Crippen molar-refractivity contribution in [3.8, 4) is 0 Å². The highest BCUT2D eigenvalue weighted by Gasteiger charge is 2.29. The van der Waals surface area contributed by atoms with Gasteiger partial charge in [0.25, 0.3) is 0 Å². The maximum absolute atomic E-state index is 11.8. The van der Waals surface area contributed by atoms with Gasteiger partial charge in [0.1, 0.15) is 6.04 Å². The first-order chi connectivity index (χ1) is 8.41. The maximum atomic E-state index is 11.8. The van der Waals surface area contributed by atoms with Crippen LogP contribution in [0.5, 0.6) is 0 Å². The van der Waals surface area contributed by atoms with Gasteiger partial charge in [-0.05, 0) is 37.8 Å². The van der Waals surface area contributed by atoms with Crippen LogP contribution in [0.25, 0.3) is 0 Å². The lowest BCUT2D eigenvalue weighted by Gasteiger charge is -2.25. The monoisotopic (exact) mass is 256 g/mol. The number of rotatable bonds is 6. The molecular formula is C13H24N2O3. The minimum absolute atomic E-state index is 0.0787. The lowest BCUT2D eigenvalue weighted by atomic mass is 9.90. The molecule has 0 aliphatic carbocycles. The van der Waals surface area contributed by atoms with Crippen LogP contribution in [-0.4, -0.2) is 47.6 Å². The van der Waals surface area contributed by atoms with E-state index >= 15 is 0 Å². The van der Waals surface area contributed by atoms with Gasteiger partial charge in [-0.3, -0.25) is 9.69 Å². The largest absolute Gasteiger partial charge is 0.480 e. The summed E-state index contributed by atoms with van der Waals surface area (Å²) in [4.78, 5) is 25.1. The van der Waals surface area contributed by atoms with E-state index in [0.717, 1.165) is 25.9 Å². The van der Waals surface area contributed by atoms with Gasteiger partial charge >= 0.3 is 5.97 Å². The Labute approximate surface area is 109 Å². The Morgan fingerprint density at radius 1 is 1.22 bits per heavy atom. The summed E-state index contributed by atoms with van der Waals surface area (Å²) >= 11 is 0. The average molecular weight is 256 g/mol. The van der Waals surface area contributed by atoms with Gasteiger partial charge in [-0.25, -0.2) is 4.79 Å². The third-order valence-corrected chi connectivity index (χ3v) is 3.73. The van der Waals surface area contributed by atoms with Gasteiger partial charge in [0.05, 0.1) is 6.54 Å². The second-order valence-corrected chi connectivity index (χ2v) is 5.47. The van der Waals surface area contributed by atoms with E-state index in [-0.39, 0.29) is 17.7 Å². The van der Waals surface area contributed by atoms with Crippen LogP contribution in [-0.2, 0) is 9.59 Å². The lowest BCUT2D eigenvalue weighted by Crippen LogP contribution is -2.49. The van der Waals surface area contributed by atoms with Crippen molar-refractivity contribution in [3.05, 3.63) is 0 Å². The predicted octanol–water partition coefficient (Wildman–Crippen LogP) is 0.944. The summed E-state index contributed by atoms with van der Waals surface area (Å²) in [6.45, 7) is 7.98. The Morgan fingerprint density at radius 3 is 2.22 bits per heavy atom. The number of hydrogen-bond acceptors (Lipinski definition) is 3. The number of amides is 1. The Kier molecular flexibility index (Phi) is 5.59. The molecule has 1 rings (SSSR count). The molecule has 5 nitrogen and oxygen atoms in total. The standard InChI is InChI=1S/C13H24N2O3/c1-9(2)10(3)12(13(17)18)14-11(16)8-15-6-4-5-7-15/h9-10,12H,4-8H2,1-3H3,(H,14,16)(H,17,18)/t10?,12-/m0/s1. The van der Waals surface area contributed by atoms with Crippen LogP contribution < -0.4 is 5.32 Å². The van der Waals surface area contributed by atoms with Crippen LogP contribution in [0.15, 0.2) is 0 Å². The van der Waals surface area contributed by atoms with E-state index < -0.39 is 12.0 Å². The first kappa shape index (κ1) is 15.0. The summed E-state index contributed by atoms with van der Waals surface area (Å²) in [6.07, 6.45) is 2.25. The number of carbonyl (C=O) groups is 2. The van der Waals surface area contributed by atoms with Crippen LogP contribution in [0.2, 0.25) is 0 Å². The van der Waals surface area contributed by atoms with Gasteiger partial charge in [-0.2, -0.15) is 0 Å². The fraction of sp³-hybridized carbons (Fsp3) is 0.846. The summed E-state index contributed by atoms with van der Waals surface area (Å²) in [7, 11) is 0. The third kappa shape index (κ3) is 4.29. The topological polar surface area (TPSA) is 69.6 Å². The van der Waals surface area contributed by atoms with Gasteiger partial charge in [0, 0.05) is 0 Å². The highest BCUT2D eigenvalue weighted by molar-refractivity contribution is 5.84. The molecule has 0 radical (unpaired) electrons. The number of likely N-dealkylation sites (tertiary alicyclic amines) is 1. The van der Waals surface area contributed by atoms with Gasteiger partial charge in [-0.1, -0.05) is 20.8 Å². The number of carboxylic acids is 1. The lowest BCUT2D eigenvalue weighted by molar-refractivity contribution is -0.144. The molecule has 1 aliphatic rings. The van der Waals surface area contributed by atoms with Gasteiger partial charge < -0.3 is 10.4 Å². The predicted molar refractivity (Wildman–Crippen MR) is 69.2 cm³/mol. The summed E-state index contributed by atoms with van der Waals surface area (Å²) in [5.41, 5.74) is 0. The molecule has 1 amide bonds. The molecule has 0 aromatic rings. The second kappa shape index (κ2) is 6.73. The van der Waals surface area contributed by atoms with E-state index in [1.54, 1.807) is 0 Å². The molecule has 18 heavy (non-hydrogen) atoms. The van der Waals surface area contributed by atoms with Crippen LogP contribution >= 0.6 is 0 Å². The molecule has 1 saturated heterocycles. The van der Waals surface area contributed by atoms with Crippen molar-refractivity contribution in [2.24, 2.45) is 11.8 Å². The maximum Gasteiger partial charge on any atom is 0.326 e. The van der Waals surface area contributed by atoms with Crippen molar-refractivity contribution in [2.45, 2.75) is 39.7 Å². The molecule has 0 aromatic carbocycles. The van der Waals surface area contributed by atoms with E-state index in [1.165, 1.54) is 0 Å². The molecule has 2 N–H and O–H groups in total. The molecular weight excluding hydrogens is 232 g/mol. The number of carboxylic acid groups (broad SMARTS) is 1. The van der Waals surface area contributed by atoms with Crippen molar-refractivity contribution in [2.75, 3.05) is 19.6 Å². The number of nitrogens with zero attached hydrogens (tertiary/aromatic N) is 1. The third-order valence-electron chi connectivity index (χ3n) is 3.73. The van der Waals surface area contributed by atoms with Gasteiger partial charge in [0.15, 0.2) is 0 Å². The van der Waals surface area contributed by atoms with Crippen LogP contribution in [0.1, 0.15) is 33.6 Å². The Hall–Kier alpha value is -1.10. The average Bonchev–Trinajstić information content (AvgIpc) is 2.77. The summed E-state index contributed by atoms with van der Waals surface area (Å²) < 4.78 is 0. The minimum Gasteiger partial charge on any atom is -0.480 e. The molecule has 1 unspecified atom stereocenters. The molecule has 0 bridgehead atoms. The zero-order chi connectivity index (χ0) is 13.7. The van der Waals surface area contributed by atoms with E-state index in [4.69, 9.17) is 0 Å². The first-order valence-electron chi connectivity index (χ1n) is 6.66. The van der Waals surface area contributed by atoms with Crippen LogP contribution in [0.4, 0.5) is 0 Å². The van der Waals surface area contributed by atoms with E-state index in [9.17, 15) is 14.7 Å². The molecule has 0 spiro atoms. The Balaban J connectivity index is 2.49. The number of carbonyl (C=O) groups excluding carboxylic acids is 1. The van der Waals surface area contributed by atoms with Gasteiger partial charge in [-0.15, -0.1) is 0 Å². The molecule has 0 saturated carbocycles. The molecule has 1 heterocycles. The summed E-state index contributed by atoms with van der Waals surface area (Å²) in [6, 6.07) is -0.792. The molecule has 1 fully saturated rings. The van der Waals surface area contributed by atoms with E-state index in [0.29, 0.717) is 6.54 Å². The zero-order valence-electron chi connectivity index (χ0n) is 11.5. The number of nitrogens with one attached hydrogen (secondary N) is 1. The highest BCUT2D eigenvalue weighted by atomic mass is 16.4. The quantitative estimate of drug-likeness (QED) is 0.742. The SMILES string of the molecule is CC(C)C(C)[C@H](NC(=O)CN1CCCC1)C(=O)O. The zero-order valence-corrected chi connectivity index (χ0v) is 11.5. The minimum atomic E-state index is -0.953. The van der Waals surface area contributed by atoms with Crippen LogP contribution in [0.3, 0.4) is 0 Å². The molecule has 0 aromatic heterocycles. The van der Waals surface area contributed by atoms with E-state index in [2.05, 4.69) is 10.2 Å². The second-order valence-electron chi connectivity index (χ2n) is 5.47. The van der Waals surface area contributed by atoms with Crippen molar-refractivity contribution < 1.29 is 14.7 Å². The van der Waals surface area contributed by atoms with Crippen molar-refractivity contribution in [1.29, 1.82) is 0 Å². The number of hydrogen-bond donors (Lipinski definition) is 2. The fourth-order valence-electron chi connectivity index (χ4n) is 2.17. The first-order valence-corrected chi connectivity index (χ1v) is 6.66. The molecule has 2 atom stereocenters. The van der Waals surface area contributed by atoms with Crippen molar-refractivity contribution in [3.63, 3.8) is 0 Å². The Morgan fingerprint density at radius 2 is 1.78 bits per heavy atom. The summed E-state index contributed by atoms with van der Waals surface area (Å²) in [5.74, 6) is -0.994. The van der Waals surface area contributed by atoms with Crippen molar-refractivity contribution >= 4 is 11.9 Å². The van der Waals surface area contributed by atoms with E-state index in [1.807, 2.05) is 20.8 Å². The van der Waals surface area contributed by atoms with Gasteiger partial charge in [0.2, 0.25) is 5.91 Å². The normalized spacial score (nSPS) is 19.8. The van der Waals surface area contributed by atoms with Crippen LogP contribution in [0, 0.1) is 11.8 Å². The van der Waals surface area contributed by atoms with Crippen molar-refractivity contribution in [1.82, 2.24) is 10.2 Å². The molecule has 5 heteroatoms. The Bertz CT molecular complexity index is 299.